The molecule has 0 bridgehead atoms. The van der Waals surface area contributed by atoms with E-state index < -0.39 is 5.97 Å². The summed E-state index contributed by atoms with van der Waals surface area (Å²) in [4.78, 5) is 15.3. The van der Waals surface area contributed by atoms with Crippen molar-refractivity contribution < 1.29 is 14.3 Å². The van der Waals surface area contributed by atoms with Gasteiger partial charge in [-0.15, -0.1) is 0 Å². The molecule has 4 nitrogen and oxygen atoms in total. The molecular weight excluding hydrogens is 254 g/mol. The van der Waals surface area contributed by atoms with Crippen LogP contribution in [-0.2, 0) is 4.79 Å². The van der Waals surface area contributed by atoms with E-state index in [0.717, 1.165) is 37.0 Å². The second-order valence-corrected chi connectivity index (χ2v) is 5.32. The summed E-state index contributed by atoms with van der Waals surface area (Å²) in [6.07, 6.45) is 4.96. The molecule has 0 radical (unpaired) electrons. The van der Waals surface area contributed by atoms with Crippen molar-refractivity contribution in [2.45, 2.75) is 31.6 Å². The lowest BCUT2D eigenvalue weighted by Gasteiger charge is -2.24. The van der Waals surface area contributed by atoms with E-state index in [9.17, 15) is 4.79 Å². The van der Waals surface area contributed by atoms with E-state index in [1.807, 2.05) is 30.3 Å². The van der Waals surface area contributed by atoms with Crippen LogP contribution < -0.4 is 0 Å². The van der Waals surface area contributed by atoms with Crippen molar-refractivity contribution in [3.8, 4) is 11.5 Å². The molecule has 1 aliphatic carbocycles. The third-order valence-electron chi connectivity index (χ3n) is 4.02. The zero-order chi connectivity index (χ0) is 13.9. The van der Waals surface area contributed by atoms with E-state index >= 15 is 0 Å². The van der Waals surface area contributed by atoms with Gasteiger partial charge in [-0.25, -0.2) is 4.98 Å². The number of oxazole rings is 1. The van der Waals surface area contributed by atoms with Crippen LogP contribution in [0, 0.1) is 5.92 Å². The van der Waals surface area contributed by atoms with E-state index in [2.05, 4.69) is 4.98 Å². The van der Waals surface area contributed by atoms with E-state index in [4.69, 9.17) is 9.52 Å². The van der Waals surface area contributed by atoms with Crippen LogP contribution in [0.5, 0.6) is 0 Å². The molecular formula is C16H17NO3. The molecule has 20 heavy (non-hydrogen) atoms. The summed E-state index contributed by atoms with van der Waals surface area (Å²) < 4.78 is 5.85. The molecule has 1 aliphatic rings. The standard InChI is InChI=1S/C16H17NO3/c18-16(19)13-8-6-11(7-9-13)14-10-17-15(20-14)12-4-2-1-3-5-12/h1-5,10-11,13H,6-9H2,(H,18,19). The molecule has 3 rings (SSSR count). The van der Waals surface area contributed by atoms with Crippen molar-refractivity contribution in [2.24, 2.45) is 5.92 Å². The second kappa shape index (κ2) is 5.49. The van der Waals surface area contributed by atoms with Crippen LogP contribution >= 0.6 is 0 Å². The SMILES string of the molecule is O=C(O)C1CCC(c2cnc(-c3ccccc3)o2)CC1. The lowest BCUT2D eigenvalue weighted by molar-refractivity contribution is -0.142. The number of benzene rings is 1. The van der Waals surface area contributed by atoms with Crippen molar-refractivity contribution in [1.82, 2.24) is 4.98 Å². The Hall–Kier alpha value is -2.10. The molecule has 0 aliphatic heterocycles. The highest BCUT2D eigenvalue weighted by molar-refractivity contribution is 5.70. The normalized spacial score (nSPS) is 22.6. The first-order valence-corrected chi connectivity index (χ1v) is 6.98. The summed E-state index contributed by atoms with van der Waals surface area (Å²) in [7, 11) is 0. The third kappa shape index (κ3) is 2.59. The Morgan fingerprint density at radius 1 is 1.15 bits per heavy atom. The minimum Gasteiger partial charge on any atom is -0.481 e. The Bertz CT molecular complexity index is 583. The van der Waals surface area contributed by atoms with Gasteiger partial charge in [0.25, 0.3) is 0 Å². The predicted octanol–water partition coefficient (Wildman–Crippen LogP) is 3.70. The molecule has 0 amide bonds. The fraction of sp³-hybridized carbons (Fsp3) is 0.375. The fourth-order valence-corrected chi connectivity index (χ4v) is 2.81. The Labute approximate surface area is 117 Å². The van der Waals surface area contributed by atoms with E-state index in [0.29, 0.717) is 11.8 Å². The van der Waals surface area contributed by atoms with Crippen LogP contribution in [0.25, 0.3) is 11.5 Å². The molecule has 104 valence electrons. The van der Waals surface area contributed by atoms with Crippen LogP contribution in [0.3, 0.4) is 0 Å². The third-order valence-corrected chi connectivity index (χ3v) is 4.02. The van der Waals surface area contributed by atoms with Gasteiger partial charge in [0.1, 0.15) is 5.76 Å². The zero-order valence-corrected chi connectivity index (χ0v) is 11.2. The molecule has 1 fully saturated rings. The van der Waals surface area contributed by atoms with Crippen LogP contribution in [0.1, 0.15) is 37.4 Å². The molecule has 1 aromatic carbocycles. The molecule has 1 heterocycles. The number of carboxylic acid groups (broad SMARTS) is 1. The molecule has 4 heteroatoms. The number of rotatable bonds is 3. The molecule has 0 atom stereocenters. The summed E-state index contributed by atoms with van der Waals surface area (Å²) in [5.74, 6) is 0.956. The number of aliphatic carboxylic acids is 1. The fourth-order valence-electron chi connectivity index (χ4n) is 2.81. The van der Waals surface area contributed by atoms with Gasteiger partial charge in [0, 0.05) is 11.5 Å². The minimum atomic E-state index is -0.675. The first-order chi connectivity index (χ1) is 9.74. The van der Waals surface area contributed by atoms with Gasteiger partial charge in [0.2, 0.25) is 5.89 Å². The van der Waals surface area contributed by atoms with Gasteiger partial charge in [0.15, 0.2) is 0 Å². The Morgan fingerprint density at radius 3 is 2.50 bits per heavy atom. The van der Waals surface area contributed by atoms with Crippen molar-refractivity contribution in [2.75, 3.05) is 0 Å². The molecule has 1 aromatic heterocycles. The van der Waals surface area contributed by atoms with Crippen LogP contribution in [0.2, 0.25) is 0 Å². The van der Waals surface area contributed by atoms with Gasteiger partial charge in [-0.1, -0.05) is 18.2 Å². The van der Waals surface area contributed by atoms with E-state index in [-0.39, 0.29) is 5.92 Å². The quantitative estimate of drug-likeness (QED) is 0.924. The zero-order valence-electron chi connectivity index (χ0n) is 11.2. The maximum absolute atomic E-state index is 11.0. The summed E-state index contributed by atoms with van der Waals surface area (Å²) in [6.45, 7) is 0. The van der Waals surface area contributed by atoms with Crippen LogP contribution in [0.15, 0.2) is 40.9 Å². The topological polar surface area (TPSA) is 63.3 Å². The Kier molecular flexibility index (Phi) is 3.54. The van der Waals surface area contributed by atoms with Gasteiger partial charge in [0.05, 0.1) is 12.1 Å². The summed E-state index contributed by atoms with van der Waals surface area (Å²) in [5.41, 5.74) is 0.970. The lowest BCUT2D eigenvalue weighted by atomic mass is 9.81. The van der Waals surface area contributed by atoms with Crippen LogP contribution in [0.4, 0.5) is 0 Å². The first-order valence-electron chi connectivity index (χ1n) is 6.98. The van der Waals surface area contributed by atoms with Gasteiger partial charge < -0.3 is 9.52 Å². The second-order valence-electron chi connectivity index (χ2n) is 5.32. The number of carboxylic acids is 1. The van der Waals surface area contributed by atoms with Gasteiger partial charge >= 0.3 is 5.97 Å². The van der Waals surface area contributed by atoms with Crippen molar-refractivity contribution in [3.63, 3.8) is 0 Å². The van der Waals surface area contributed by atoms with E-state index in [1.165, 1.54) is 0 Å². The predicted molar refractivity (Wildman–Crippen MR) is 74.3 cm³/mol. The molecule has 0 spiro atoms. The summed E-state index contributed by atoms with van der Waals surface area (Å²) in [5, 5.41) is 9.01. The van der Waals surface area contributed by atoms with Crippen molar-refractivity contribution in [3.05, 3.63) is 42.3 Å². The minimum absolute atomic E-state index is 0.192. The average molecular weight is 271 g/mol. The highest BCUT2D eigenvalue weighted by Crippen LogP contribution is 2.37. The van der Waals surface area contributed by atoms with Gasteiger partial charge in [-0.05, 0) is 37.8 Å². The lowest BCUT2D eigenvalue weighted by Crippen LogP contribution is -2.20. The maximum atomic E-state index is 11.0. The van der Waals surface area contributed by atoms with Gasteiger partial charge in [-0.3, -0.25) is 4.79 Å². The van der Waals surface area contributed by atoms with Crippen molar-refractivity contribution in [1.29, 1.82) is 0 Å². The molecule has 1 saturated carbocycles. The van der Waals surface area contributed by atoms with E-state index in [1.54, 1.807) is 6.20 Å². The van der Waals surface area contributed by atoms with Gasteiger partial charge in [-0.2, -0.15) is 0 Å². The number of hydrogen-bond acceptors (Lipinski definition) is 3. The molecule has 0 saturated heterocycles. The average Bonchev–Trinajstić information content (AvgIpc) is 2.98. The number of hydrogen-bond donors (Lipinski definition) is 1. The smallest absolute Gasteiger partial charge is 0.306 e. The highest BCUT2D eigenvalue weighted by atomic mass is 16.4. The summed E-state index contributed by atoms with van der Waals surface area (Å²) >= 11 is 0. The highest BCUT2D eigenvalue weighted by Gasteiger charge is 2.28. The largest absolute Gasteiger partial charge is 0.481 e. The Morgan fingerprint density at radius 2 is 1.85 bits per heavy atom. The molecule has 0 unspecified atom stereocenters. The molecule has 1 N–H and O–H groups in total. The number of aromatic nitrogens is 1. The Balaban J connectivity index is 1.71. The number of nitrogens with zero attached hydrogens (tertiary/aromatic N) is 1. The summed E-state index contributed by atoms with van der Waals surface area (Å²) in [6, 6.07) is 9.81. The number of carbonyl (C=O) groups is 1. The first kappa shape index (κ1) is 12.9. The molecule has 2 aromatic rings. The monoisotopic (exact) mass is 271 g/mol. The van der Waals surface area contributed by atoms with Crippen LogP contribution in [-0.4, -0.2) is 16.1 Å². The maximum Gasteiger partial charge on any atom is 0.306 e. The van der Waals surface area contributed by atoms with Crippen molar-refractivity contribution >= 4 is 5.97 Å².